The lowest BCUT2D eigenvalue weighted by atomic mass is 9.79. The molecule has 0 aliphatic heterocycles. The molecule has 0 bridgehead atoms. The van der Waals surface area contributed by atoms with Gasteiger partial charge in [0.05, 0.1) is 0 Å². The van der Waals surface area contributed by atoms with Gasteiger partial charge in [-0.05, 0) is 37.8 Å². The Morgan fingerprint density at radius 1 is 1.38 bits per heavy atom. The summed E-state index contributed by atoms with van der Waals surface area (Å²) in [4.78, 5) is 4.27. The quantitative estimate of drug-likeness (QED) is 0.826. The van der Waals surface area contributed by atoms with Crippen LogP contribution in [0.4, 0.5) is 0 Å². The van der Waals surface area contributed by atoms with Crippen molar-refractivity contribution in [3.8, 4) is 0 Å². The van der Waals surface area contributed by atoms with Crippen molar-refractivity contribution in [2.24, 2.45) is 17.6 Å². The van der Waals surface area contributed by atoms with Crippen LogP contribution in [0.2, 0.25) is 0 Å². The lowest BCUT2D eigenvalue weighted by molar-refractivity contribution is 0.235. The fourth-order valence-corrected chi connectivity index (χ4v) is 3.15. The molecular formula is C12H21N3S. The molecule has 1 aliphatic rings. The minimum atomic E-state index is 0.734. The summed E-state index contributed by atoms with van der Waals surface area (Å²) in [5.41, 5.74) is 5.82. The van der Waals surface area contributed by atoms with Crippen molar-refractivity contribution in [1.82, 2.24) is 10.3 Å². The van der Waals surface area contributed by atoms with E-state index in [4.69, 9.17) is 5.73 Å². The van der Waals surface area contributed by atoms with Gasteiger partial charge in [-0.15, -0.1) is 11.3 Å². The van der Waals surface area contributed by atoms with Crippen LogP contribution >= 0.6 is 11.3 Å². The van der Waals surface area contributed by atoms with E-state index in [1.807, 2.05) is 11.6 Å². The monoisotopic (exact) mass is 239 g/mol. The second-order valence-electron chi connectivity index (χ2n) is 4.60. The van der Waals surface area contributed by atoms with Crippen LogP contribution in [0.15, 0.2) is 11.6 Å². The highest BCUT2D eigenvalue weighted by Gasteiger charge is 2.23. The molecule has 0 amide bonds. The number of hydrogen-bond acceptors (Lipinski definition) is 4. The minimum Gasteiger partial charge on any atom is -0.330 e. The Kier molecular flexibility index (Phi) is 4.75. The van der Waals surface area contributed by atoms with E-state index in [0.717, 1.165) is 31.5 Å². The molecule has 4 heteroatoms. The van der Waals surface area contributed by atoms with Gasteiger partial charge in [-0.25, -0.2) is 4.98 Å². The maximum absolute atomic E-state index is 5.82. The van der Waals surface area contributed by atoms with E-state index in [-0.39, 0.29) is 0 Å². The van der Waals surface area contributed by atoms with E-state index in [2.05, 4.69) is 10.3 Å². The van der Waals surface area contributed by atoms with E-state index in [9.17, 15) is 0 Å². The van der Waals surface area contributed by atoms with E-state index in [1.165, 1.54) is 30.7 Å². The van der Waals surface area contributed by atoms with Gasteiger partial charge in [0.15, 0.2) is 0 Å². The number of nitrogens with zero attached hydrogens (tertiary/aromatic N) is 1. The van der Waals surface area contributed by atoms with Gasteiger partial charge in [0.25, 0.3) is 0 Å². The number of hydrogen-bond donors (Lipinski definition) is 2. The molecule has 1 aromatic rings. The Bertz CT molecular complexity index is 286. The van der Waals surface area contributed by atoms with Crippen molar-refractivity contribution in [2.75, 3.05) is 13.1 Å². The minimum absolute atomic E-state index is 0.734. The Hall–Kier alpha value is -0.450. The van der Waals surface area contributed by atoms with Gasteiger partial charge in [-0.3, -0.25) is 0 Å². The Morgan fingerprint density at radius 3 is 2.88 bits per heavy atom. The van der Waals surface area contributed by atoms with E-state index < -0.39 is 0 Å². The first-order valence-electron chi connectivity index (χ1n) is 6.19. The molecule has 1 aliphatic carbocycles. The van der Waals surface area contributed by atoms with Crippen molar-refractivity contribution in [1.29, 1.82) is 0 Å². The molecule has 3 N–H and O–H groups in total. The highest BCUT2D eigenvalue weighted by atomic mass is 32.1. The molecule has 1 fully saturated rings. The summed E-state index contributed by atoms with van der Waals surface area (Å²) < 4.78 is 0. The summed E-state index contributed by atoms with van der Waals surface area (Å²) in [6.07, 6.45) is 7.27. The summed E-state index contributed by atoms with van der Waals surface area (Å²) >= 11 is 1.72. The summed E-state index contributed by atoms with van der Waals surface area (Å²) in [5.74, 6) is 1.51. The van der Waals surface area contributed by atoms with Crippen molar-refractivity contribution in [3.05, 3.63) is 16.6 Å². The average molecular weight is 239 g/mol. The molecule has 90 valence electrons. The summed E-state index contributed by atoms with van der Waals surface area (Å²) in [7, 11) is 0. The zero-order valence-electron chi connectivity index (χ0n) is 9.69. The van der Waals surface area contributed by atoms with Gasteiger partial charge in [-0.1, -0.05) is 12.8 Å². The number of thiazole rings is 1. The predicted octanol–water partition coefficient (Wildman–Crippen LogP) is 2.00. The average Bonchev–Trinajstić information content (AvgIpc) is 2.83. The van der Waals surface area contributed by atoms with Crippen molar-refractivity contribution in [3.63, 3.8) is 0 Å². The van der Waals surface area contributed by atoms with Crippen LogP contribution in [-0.4, -0.2) is 18.1 Å². The van der Waals surface area contributed by atoms with Crippen LogP contribution in [0.25, 0.3) is 0 Å². The summed E-state index contributed by atoms with van der Waals surface area (Å²) in [6.45, 7) is 2.86. The van der Waals surface area contributed by atoms with Crippen LogP contribution in [0.5, 0.6) is 0 Å². The third-order valence-electron chi connectivity index (χ3n) is 3.54. The Balaban J connectivity index is 1.71. The SMILES string of the molecule is NCC1CCCCC1CNCc1nccs1. The first-order valence-corrected chi connectivity index (χ1v) is 7.07. The lowest BCUT2D eigenvalue weighted by Crippen LogP contribution is -2.34. The fraction of sp³-hybridized carbons (Fsp3) is 0.750. The molecule has 0 saturated heterocycles. The van der Waals surface area contributed by atoms with E-state index >= 15 is 0 Å². The van der Waals surface area contributed by atoms with Gasteiger partial charge >= 0.3 is 0 Å². The maximum atomic E-state index is 5.82. The van der Waals surface area contributed by atoms with Crippen molar-refractivity contribution >= 4 is 11.3 Å². The van der Waals surface area contributed by atoms with Gasteiger partial charge in [0.1, 0.15) is 5.01 Å². The fourth-order valence-electron chi connectivity index (χ4n) is 2.57. The normalized spacial score (nSPS) is 25.8. The standard InChI is InChI=1S/C12H21N3S/c13-7-10-3-1-2-4-11(10)8-14-9-12-15-5-6-16-12/h5-6,10-11,14H,1-4,7-9,13H2. The molecule has 2 atom stereocenters. The molecule has 2 rings (SSSR count). The molecule has 16 heavy (non-hydrogen) atoms. The van der Waals surface area contributed by atoms with Crippen LogP contribution in [0.3, 0.4) is 0 Å². The van der Waals surface area contributed by atoms with Crippen LogP contribution < -0.4 is 11.1 Å². The molecule has 0 aromatic carbocycles. The van der Waals surface area contributed by atoms with E-state index in [0.29, 0.717) is 0 Å². The molecule has 0 radical (unpaired) electrons. The summed E-state index contributed by atoms with van der Waals surface area (Å²) in [5, 5.41) is 6.72. The lowest BCUT2D eigenvalue weighted by Gasteiger charge is -2.30. The zero-order chi connectivity index (χ0) is 11.2. The van der Waals surface area contributed by atoms with Gasteiger partial charge in [0.2, 0.25) is 0 Å². The Morgan fingerprint density at radius 2 is 2.19 bits per heavy atom. The summed E-state index contributed by atoms with van der Waals surface area (Å²) in [6, 6.07) is 0. The molecule has 2 unspecified atom stereocenters. The predicted molar refractivity (Wildman–Crippen MR) is 68.3 cm³/mol. The zero-order valence-corrected chi connectivity index (χ0v) is 10.5. The molecular weight excluding hydrogens is 218 g/mol. The number of nitrogens with two attached hydrogens (primary N) is 1. The molecule has 1 heterocycles. The first kappa shape index (κ1) is 12.0. The van der Waals surface area contributed by atoms with Crippen LogP contribution in [0, 0.1) is 11.8 Å². The highest BCUT2D eigenvalue weighted by molar-refractivity contribution is 7.09. The van der Waals surface area contributed by atoms with Crippen LogP contribution in [0.1, 0.15) is 30.7 Å². The third kappa shape index (κ3) is 3.27. The molecule has 0 spiro atoms. The third-order valence-corrected chi connectivity index (χ3v) is 4.32. The molecule has 1 aromatic heterocycles. The second kappa shape index (κ2) is 6.33. The number of aromatic nitrogens is 1. The van der Waals surface area contributed by atoms with E-state index in [1.54, 1.807) is 11.3 Å². The van der Waals surface area contributed by atoms with Crippen LogP contribution in [-0.2, 0) is 6.54 Å². The maximum Gasteiger partial charge on any atom is 0.106 e. The second-order valence-corrected chi connectivity index (χ2v) is 5.58. The molecule has 1 saturated carbocycles. The van der Waals surface area contributed by atoms with Gasteiger partial charge < -0.3 is 11.1 Å². The molecule has 3 nitrogen and oxygen atoms in total. The van der Waals surface area contributed by atoms with Gasteiger partial charge in [0, 0.05) is 18.1 Å². The largest absolute Gasteiger partial charge is 0.330 e. The van der Waals surface area contributed by atoms with Crippen molar-refractivity contribution < 1.29 is 0 Å². The first-order chi connectivity index (χ1) is 7.90. The topological polar surface area (TPSA) is 50.9 Å². The van der Waals surface area contributed by atoms with Crippen molar-refractivity contribution in [2.45, 2.75) is 32.2 Å². The van der Waals surface area contributed by atoms with Gasteiger partial charge in [-0.2, -0.15) is 0 Å². The smallest absolute Gasteiger partial charge is 0.106 e. The highest BCUT2D eigenvalue weighted by Crippen LogP contribution is 2.28. The Labute approximate surface area is 101 Å². The number of rotatable bonds is 5. The number of nitrogens with one attached hydrogen (secondary N) is 1.